The quantitative estimate of drug-likeness (QED) is 0.721. The average molecular weight is 196 g/mol. The highest BCUT2D eigenvalue weighted by atomic mass is 19.1. The maximum atomic E-state index is 13.4. The zero-order valence-corrected chi connectivity index (χ0v) is 8.34. The molecule has 3 heteroatoms. The van der Waals surface area contributed by atoms with Gasteiger partial charge in [0.1, 0.15) is 0 Å². The predicted molar refractivity (Wildman–Crippen MR) is 51.1 cm³/mol. The van der Waals surface area contributed by atoms with Gasteiger partial charge >= 0.3 is 0 Å². The maximum Gasteiger partial charge on any atom is 0.165 e. The number of hydrogen-bond donors (Lipinski definition) is 0. The van der Waals surface area contributed by atoms with Gasteiger partial charge in [0.15, 0.2) is 11.6 Å². The van der Waals surface area contributed by atoms with E-state index in [9.17, 15) is 4.39 Å². The van der Waals surface area contributed by atoms with Gasteiger partial charge in [0.25, 0.3) is 0 Å². The molecule has 0 bridgehead atoms. The molecule has 76 valence electrons. The normalized spacial score (nSPS) is 18.8. The molecule has 1 aromatic rings. The van der Waals surface area contributed by atoms with Crippen molar-refractivity contribution in [3.8, 4) is 5.75 Å². The van der Waals surface area contributed by atoms with Crippen molar-refractivity contribution in [2.24, 2.45) is 0 Å². The molecule has 0 saturated carbocycles. The third kappa shape index (κ3) is 1.38. The lowest BCUT2D eigenvalue weighted by molar-refractivity contribution is -0.0501. The first-order valence-corrected chi connectivity index (χ1v) is 4.57. The van der Waals surface area contributed by atoms with Gasteiger partial charge < -0.3 is 9.47 Å². The molecule has 0 atom stereocenters. The first kappa shape index (κ1) is 9.46. The number of benzene rings is 1. The van der Waals surface area contributed by atoms with Gasteiger partial charge in [-0.3, -0.25) is 0 Å². The molecule has 1 saturated heterocycles. The van der Waals surface area contributed by atoms with Crippen LogP contribution in [-0.2, 0) is 10.2 Å². The van der Waals surface area contributed by atoms with E-state index in [1.165, 1.54) is 13.2 Å². The Hall–Kier alpha value is -1.09. The molecular weight excluding hydrogens is 183 g/mol. The lowest BCUT2D eigenvalue weighted by Crippen LogP contribution is -2.43. The Morgan fingerprint density at radius 3 is 2.57 bits per heavy atom. The molecule has 0 radical (unpaired) electrons. The van der Waals surface area contributed by atoms with E-state index in [4.69, 9.17) is 9.47 Å². The minimum Gasteiger partial charge on any atom is -0.494 e. The molecule has 0 aliphatic carbocycles. The monoisotopic (exact) mass is 196 g/mol. The summed E-state index contributed by atoms with van der Waals surface area (Å²) in [6, 6.07) is 5.08. The molecule has 1 aromatic carbocycles. The van der Waals surface area contributed by atoms with Crippen LogP contribution in [0, 0.1) is 5.82 Å². The molecule has 14 heavy (non-hydrogen) atoms. The van der Waals surface area contributed by atoms with Gasteiger partial charge in [-0.05, 0) is 17.7 Å². The topological polar surface area (TPSA) is 18.5 Å². The number of methoxy groups -OCH3 is 1. The predicted octanol–water partition coefficient (Wildman–Crippen LogP) is 2.12. The van der Waals surface area contributed by atoms with Crippen LogP contribution in [-0.4, -0.2) is 20.3 Å². The Kier molecular flexibility index (Phi) is 2.19. The van der Waals surface area contributed by atoms with Gasteiger partial charge in [-0.25, -0.2) is 4.39 Å². The SMILES string of the molecule is COc1ccc(C2(C)COC2)cc1F. The average Bonchev–Trinajstić information content (AvgIpc) is 2.14. The van der Waals surface area contributed by atoms with Crippen LogP contribution in [0.3, 0.4) is 0 Å². The fourth-order valence-electron chi connectivity index (χ4n) is 1.62. The van der Waals surface area contributed by atoms with Crippen LogP contribution in [0.5, 0.6) is 5.75 Å². The highest BCUT2D eigenvalue weighted by Crippen LogP contribution is 2.33. The van der Waals surface area contributed by atoms with E-state index in [0.717, 1.165) is 5.56 Å². The molecule has 0 aromatic heterocycles. The van der Waals surface area contributed by atoms with Crippen molar-refractivity contribution in [1.82, 2.24) is 0 Å². The molecule has 1 aliphatic heterocycles. The molecule has 2 rings (SSSR count). The largest absolute Gasteiger partial charge is 0.494 e. The molecule has 0 unspecified atom stereocenters. The van der Waals surface area contributed by atoms with Crippen LogP contribution >= 0.6 is 0 Å². The summed E-state index contributed by atoms with van der Waals surface area (Å²) in [4.78, 5) is 0. The minimum atomic E-state index is -0.307. The summed E-state index contributed by atoms with van der Waals surface area (Å²) in [5, 5.41) is 0. The van der Waals surface area contributed by atoms with Gasteiger partial charge in [-0.2, -0.15) is 0 Å². The minimum absolute atomic E-state index is 0.0207. The zero-order valence-electron chi connectivity index (χ0n) is 8.34. The molecule has 0 spiro atoms. The molecule has 0 amide bonds. The van der Waals surface area contributed by atoms with E-state index in [0.29, 0.717) is 13.2 Å². The van der Waals surface area contributed by atoms with Crippen LogP contribution in [0.4, 0.5) is 4.39 Å². The summed E-state index contributed by atoms with van der Waals surface area (Å²) < 4.78 is 23.4. The van der Waals surface area contributed by atoms with Gasteiger partial charge in [-0.1, -0.05) is 13.0 Å². The Balaban J connectivity index is 2.32. The summed E-state index contributed by atoms with van der Waals surface area (Å²) in [5.74, 6) is -0.0179. The van der Waals surface area contributed by atoms with Crippen LogP contribution in [0.15, 0.2) is 18.2 Å². The Morgan fingerprint density at radius 2 is 2.14 bits per heavy atom. The van der Waals surface area contributed by atoms with Gasteiger partial charge in [0.05, 0.1) is 20.3 Å². The summed E-state index contributed by atoms with van der Waals surface area (Å²) in [6.45, 7) is 3.40. The van der Waals surface area contributed by atoms with Gasteiger partial charge in [-0.15, -0.1) is 0 Å². The van der Waals surface area contributed by atoms with Crippen LogP contribution in [0.2, 0.25) is 0 Å². The lowest BCUT2D eigenvalue weighted by atomic mass is 9.81. The van der Waals surface area contributed by atoms with E-state index < -0.39 is 0 Å². The Bertz CT molecular complexity index is 345. The molecule has 0 N–H and O–H groups in total. The summed E-state index contributed by atoms with van der Waals surface area (Å²) in [5.41, 5.74) is 0.953. The van der Waals surface area contributed by atoms with Crippen molar-refractivity contribution in [3.05, 3.63) is 29.6 Å². The second-order valence-corrected chi connectivity index (χ2v) is 3.90. The number of halogens is 1. The fraction of sp³-hybridized carbons (Fsp3) is 0.455. The van der Waals surface area contributed by atoms with E-state index in [1.54, 1.807) is 6.07 Å². The van der Waals surface area contributed by atoms with Crippen LogP contribution < -0.4 is 4.74 Å². The molecule has 2 nitrogen and oxygen atoms in total. The lowest BCUT2D eigenvalue weighted by Gasteiger charge is -2.38. The maximum absolute atomic E-state index is 13.4. The summed E-state index contributed by atoms with van der Waals surface area (Å²) in [7, 11) is 1.46. The number of ether oxygens (including phenoxy) is 2. The second-order valence-electron chi connectivity index (χ2n) is 3.90. The smallest absolute Gasteiger partial charge is 0.165 e. The summed E-state index contributed by atoms with van der Waals surface area (Å²) in [6.07, 6.45) is 0. The van der Waals surface area contributed by atoms with Crippen molar-refractivity contribution in [1.29, 1.82) is 0 Å². The standard InChI is InChI=1S/C11H13FO2/c1-11(6-14-7-11)8-3-4-10(13-2)9(12)5-8/h3-5H,6-7H2,1-2H3. The van der Waals surface area contributed by atoms with Crippen molar-refractivity contribution in [2.75, 3.05) is 20.3 Å². The van der Waals surface area contributed by atoms with Crippen LogP contribution in [0.1, 0.15) is 12.5 Å². The third-order valence-electron chi connectivity index (χ3n) is 2.69. The van der Waals surface area contributed by atoms with Crippen molar-refractivity contribution >= 4 is 0 Å². The van der Waals surface area contributed by atoms with E-state index in [1.807, 2.05) is 6.07 Å². The van der Waals surface area contributed by atoms with Gasteiger partial charge in [0.2, 0.25) is 0 Å². The Morgan fingerprint density at radius 1 is 1.43 bits per heavy atom. The van der Waals surface area contributed by atoms with Crippen LogP contribution in [0.25, 0.3) is 0 Å². The first-order valence-electron chi connectivity index (χ1n) is 4.57. The Labute approximate surface area is 82.6 Å². The van der Waals surface area contributed by atoms with Crippen molar-refractivity contribution in [3.63, 3.8) is 0 Å². The second kappa shape index (κ2) is 3.24. The van der Waals surface area contributed by atoms with E-state index in [2.05, 4.69) is 6.92 Å². The van der Waals surface area contributed by atoms with E-state index in [-0.39, 0.29) is 17.0 Å². The van der Waals surface area contributed by atoms with E-state index >= 15 is 0 Å². The molecular formula is C11H13FO2. The van der Waals surface area contributed by atoms with Crippen molar-refractivity contribution < 1.29 is 13.9 Å². The molecule has 1 aliphatic rings. The molecule has 1 heterocycles. The summed E-state index contributed by atoms with van der Waals surface area (Å²) >= 11 is 0. The third-order valence-corrected chi connectivity index (χ3v) is 2.69. The molecule has 1 fully saturated rings. The van der Waals surface area contributed by atoms with Crippen molar-refractivity contribution in [2.45, 2.75) is 12.3 Å². The zero-order chi connectivity index (χ0) is 10.2. The van der Waals surface area contributed by atoms with Gasteiger partial charge in [0, 0.05) is 5.41 Å². The first-order chi connectivity index (χ1) is 6.65. The number of rotatable bonds is 2. The highest BCUT2D eigenvalue weighted by Gasteiger charge is 2.35. The number of hydrogen-bond acceptors (Lipinski definition) is 2. The fourth-order valence-corrected chi connectivity index (χ4v) is 1.62. The highest BCUT2D eigenvalue weighted by molar-refractivity contribution is 5.34.